The molecule has 3 aromatic heterocycles. The fraction of sp³-hybridized carbons (Fsp3) is 0.167. The molecular formula is C12H11N5OS. The second-order valence-electron chi connectivity index (χ2n) is 3.98. The Morgan fingerprint density at radius 2 is 2.32 bits per heavy atom. The number of aromatic nitrogens is 4. The fourth-order valence-electron chi connectivity index (χ4n) is 1.73. The highest BCUT2D eigenvalue weighted by molar-refractivity contribution is 7.09. The zero-order valence-corrected chi connectivity index (χ0v) is 10.8. The molecular weight excluding hydrogens is 262 g/mol. The van der Waals surface area contributed by atoms with E-state index in [4.69, 9.17) is 0 Å². The van der Waals surface area contributed by atoms with Crippen LogP contribution in [0.15, 0.2) is 35.8 Å². The van der Waals surface area contributed by atoms with Gasteiger partial charge in [0, 0.05) is 17.6 Å². The van der Waals surface area contributed by atoms with Crippen molar-refractivity contribution in [3.63, 3.8) is 0 Å². The van der Waals surface area contributed by atoms with Crippen LogP contribution in [0.3, 0.4) is 0 Å². The first-order valence-electron chi connectivity index (χ1n) is 5.81. The van der Waals surface area contributed by atoms with Crippen LogP contribution in [-0.4, -0.2) is 32.5 Å². The van der Waals surface area contributed by atoms with Crippen molar-refractivity contribution in [2.24, 2.45) is 0 Å². The fourth-order valence-corrected chi connectivity index (χ4v) is 2.44. The Labute approximate surface area is 113 Å². The average molecular weight is 273 g/mol. The summed E-state index contributed by atoms with van der Waals surface area (Å²) < 4.78 is 1.48. The molecule has 3 heterocycles. The number of carbonyl (C=O) groups is 1. The molecule has 0 aliphatic heterocycles. The smallest absolute Gasteiger partial charge is 0.252 e. The summed E-state index contributed by atoms with van der Waals surface area (Å²) in [5, 5.41) is 16.0. The van der Waals surface area contributed by atoms with Crippen LogP contribution in [0.5, 0.6) is 0 Å². The lowest BCUT2D eigenvalue weighted by Gasteiger charge is -2.04. The minimum atomic E-state index is -0.117. The Bertz CT molecular complexity index is 691. The van der Waals surface area contributed by atoms with Gasteiger partial charge >= 0.3 is 0 Å². The molecule has 0 aliphatic carbocycles. The van der Waals surface area contributed by atoms with Crippen LogP contribution in [0, 0.1) is 0 Å². The summed E-state index contributed by atoms with van der Waals surface area (Å²) in [5.74, 6) is -0.117. The van der Waals surface area contributed by atoms with E-state index in [-0.39, 0.29) is 5.91 Å². The molecule has 0 aliphatic rings. The van der Waals surface area contributed by atoms with Crippen LogP contribution in [0.2, 0.25) is 0 Å². The lowest BCUT2D eigenvalue weighted by molar-refractivity contribution is 0.0953. The molecule has 19 heavy (non-hydrogen) atoms. The molecule has 1 amide bonds. The maximum absolute atomic E-state index is 11.9. The van der Waals surface area contributed by atoms with E-state index in [0.717, 1.165) is 6.42 Å². The first-order valence-corrected chi connectivity index (χ1v) is 6.69. The summed E-state index contributed by atoms with van der Waals surface area (Å²) in [4.78, 5) is 13.2. The van der Waals surface area contributed by atoms with E-state index in [0.29, 0.717) is 17.8 Å². The van der Waals surface area contributed by atoms with Gasteiger partial charge in [-0.15, -0.1) is 16.4 Å². The van der Waals surface area contributed by atoms with E-state index < -0.39 is 0 Å². The average Bonchev–Trinajstić information content (AvgIpc) is 3.08. The number of thiophene rings is 1. The number of nitrogens with zero attached hydrogens (tertiary/aromatic N) is 4. The van der Waals surface area contributed by atoms with Gasteiger partial charge in [0.05, 0.1) is 5.56 Å². The SMILES string of the molecule is O=C(NCCc1cccs1)c1ccc2nnnn2c1. The molecule has 6 nitrogen and oxygen atoms in total. The maximum atomic E-state index is 11.9. The monoisotopic (exact) mass is 273 g/mol. The van der Waals surface area contributed by atoms with Crippen molar-refractivity contribution in [2.75, 3.05) is 6.54 Å². The third-order valence-corrected chi connectivity index (χ3v) is 3.63. The largest absolute Gasteiger partial charge is 0.352 e. The number of hydrogen-bond donors (Lipinski definition) is 1. The van der Waals surface area contributed by atoms with Gasteiger partial charge in [-0.1, -0.05) is 6.07 Å². The second kappa shape index (κ2) is 5.15. The van der Waals surface area contributed by atoms with Crippen LogP contribution in [0.4, 0.5) is 0 Å². The number of pyridine rings is 1. The molecule has 0 radical (unpaired) electrons. The Kier molecular flexibility index (Phi) is 3.20. The van der Waals surface area contributed by atoms with Crippen molar-refractivity contribution >= 4 is 22.9 Å². The van der Waals surface area contributed by atoms with Gasteiger partial charge in [-0.2, -0.15) is 4.52 Å². The van der Waals surface area contributed by atoms with Gasteiger partial charge in [0.1, 0.15) is 0 Å². The van der Waals surface area contributed by atoms with Crippen molar-refractivity contribution in [1.82, 2.24) is 25.4 Å². The van der Waals surface area contributed by atoms with Gasteiger partial charge in [0.25, 0.3) is 5.91 Å². The van der Waals surface area contributed by atoms with Crippen molar-refractivity contribution in [1.29, 1.82) is 0 Å². The minimum absolute atomic E-state index is 0.117. The van der Waals surface area contributed by atoms with Crippen molar-refractivity contribution in [2.45, 2.75) is 6.42 Å². The lowest BCUT2D eigenvalue weighted by atomic mass is 10.2. The predicted molar refractivity (Wildman–Crippen MR) is 71.1 cm³/mol. The summed E-state index contributed by atoms with van der Waals surface area (Å²) in [6.45, 7) is 0.618. The van der Waals surface area contributed by atoms with Crippen molar-refractivity contribution < 1.29 is 4.79 Å². The summed E-state index contributed by atoms with van der Waals surface area (Å²) in [5.41, 5.74) is 1.17. The number of fused-ring (bicyclic) bond motifs is 1. The Hall–Kier alpha value is -2.28. The minimum Gasteiger partial charge on any atom is -0.352 e. The van der Waals surface area contributed by atoms with Crippen LogP contribution in [-0.2, 0) is 6.42 Å². The van der Waals surface area contributed by atoms with Crippen molar-refractivity contribution in [3.05, 3.63) is 46.3 Å². The molecule has 0 unspecified atom stereocenters. The maximum Gasteiger partial charge on any atom is 0.252 e. The Balaban J connectivity index is 1.63. The molecule has 0 aromatic carbocycles. The molecule has 0 atom stereocenters. The standard InChI is InChI=1S/C12H11N5OS/c18-12(13-6-5-10-2-1-7-19-10)9-3-4-11-14-15-16-17(11)8-9/h1-4,7-8H,5-6H2,(H,13,18). The molecule has 96 valence electrons. The van der Waals surface area contributed by atoms with Crippen LogP contribution in [0.25, 0.3) is 5.65 Å². The van der Waals surface area contributed by atoms with E-state index in [1.807, 2.05) is 11.4 Å². The number of amides is 1. The van der Waals surface area contributed by atoms with E-state index in [2.05, 4.69) is 26.9 Å². The molecule has 7 heteroatoms. The summed E-state index contributed by atoms with van der Waals surface area (Å²) in [7, 11) is 0. The Morgan fingerprint density at radius 1 is 1.37 bits per heavy atom. The summed E-state index contributed by atoms with van der Waals surface area (Å²) >= 11 is 1.69. The second-order valence-corrected chi connectivity index (χ2v) is 5.02. The highest BCUT2D eigenvalue weighted by Crippen LogP contribution is 2.08. The number of nitrogens with one attached hydrogen (secondary N) is 1. The molecule has 0 spiro atoms. The zero-order valence-electron chi connectivity index (χ0n) is 9.98. The molecule has 0 bridgehead atoms. The summed E-state index contributed by atoms with van der Waals surface area (Å²) in [6.07, 6.45) is 2.46. The predicted octanol–water partition coefficient (Wildman–Crippen LogP) is 1.16. The zero-order chi connectivity index (χ0) is 13.1. The number of hydrogen-bond acceptors (Lipinski definition) is 5. The highest BCUT2D eigenvalue weighted by atomic mass is 32.1. The topological polar surface area (TPSA) is 72.2 Å². The summed E-state index contributed by atoms with van der Waals surface area (Å²) in [6, 6.07) is 7.50. The normalized spacial score (nSPS) is 10.7. The molecule has 0 saturated heterocycles. The van der Waals surface area contributed by atoms with Gasteiger partial charge < -0.3 is 5.32 Å². The van der Waals surface area contributed by atoms with Crippen LogP contribution >= 0.6 is 11.3 Å². The van der Waals surface area contributed by atoms with Crippen LogP contribution < -0.4 is 5.32 Å². The van der Waals surface area contributed by atoms with Gasteiger partial charge in [-0.25, -0.2) is 0 Å². The molecule has 3 aromatic rings. The van der Waals surface area contributed by atoms with E-state index in [1.165, 1.54) is 9.39 Å². The number of rotatable bonds is 4. The number of tetrazole rings is 1. The third kappa shape index (κ3) is 2.60. The van der Waals surface area contributed by atoms with E-state index in [9.17, 15) is 4.79 Å². The van der Waals surface area contributed by atoms with Gasteiger partial charge in [-0.05, 0) is 40.4 Å². The van der Waals surface area contributed by atoms with Gasteiger partial charge in [0.2, 0.25) is 0 Å². The first kappa shape index (κ1) is 11.8. The third-order valence-electron chi connectivity index (χ3n) is 2.69. The van der Waals surface area contributed by atoms with Gasteiger partial charge in [0.15, 0.2) is 5.65 Å². The number of carbonyl (C=O) groups excluding carboxylic acids is 1. The molecule has 0 saturated carbocycles. The quantitative estimate of drug-likeness (QED) is 0.774. The molecule has 0 fully saturated rings. The van der Waals surface area contributed by atoms with Gasteiger partial charge in [-0.3, -0.25) is 4.79 Å². The van der Waals surface area contributed by atoms with E-state index in [1.54, 1.807) is 29.7 Å². The van der Waals surface area contributed by atoms with Crippen molar-refractivity contribution in [3.8, 4) is 0 Å². The van der Waals surface area contributed by atoms with E-state index >= 15 is 0 Å². The molecule has 3 rings (SSSR count). The van der Waals surface area contributed by atoms with Crippen LogP contribution in [0.1, 0.15) is 15.2 Å². The highest BCUT2D eigenvalue weighted by Gasteiger charge is 2.07. The lowest BCUT2D eigenvalue weighted by Crippen LogP contribution is -2.25. The molecule has 1 N–H and O–H groups in total. The Morgan fingerprint density at radius 3 is 3.16 bits per heavy atom. The first-order chi connectivity index (χ1) is 9.33.